The number of carbonyl (C=O) groups excluding carboxylic acids is 4. The van der Waals surface area contributed by atoms with E-state index in [0.717, 1.165) is 5.69 Å². The molecule has 0 aromatic carbocycles. The van der Waals surface area contributed by atoms with Crippen LogP contribution in [0.5, 0.6) is 0 Å². The topological polar surface area (TPSA) is 114 Å². The third-order valence-electron chi connectivity index (χ3n) is 5.79. The Kier molecular flexibility index (Phi) is 7.28. The lowest BCUT2D eigenvalue weighted by atomic mass is 10.0. The number of ether oxygens (including phenoxy) is 2. The lowest BCUT2D eigenvalue weighted by molar-refractivity contribution is -0.145. The second-order valence-electron chi connectivity index (χ2n) is 9.46. The van der Waals surface area contributed by atoms with E-state index >= 15 is 0 Å². The highest BCUT2D eigenvalue weighted by Gasteiger charge is 2.37. The van der Waals surface area contributed by atoms with Crippen LogP contribution in [0.1, 0.15) is 58.5 Å². The molecule has 0 spiro atoms. The Morgan fingerprint density at radius 2 is 1.88 bits per heavy atom. The summed E-state index contributed by atoms with van der Waals surface area (Å²) >= 11 is 0. The molecule has 1 fully saturated rings. The van der Waals surface area contributed by atoms with E-state index in [1.54, 1.807) is 23.0 Å². The minimum atomic E-state index is -0.543. The number of amides is 3. The van der Waals surface area contributed by atoms with E-state index in [4.69, 9.17) is 9.47 Å². The van der Waals surface area contributed by atoms with Crippen LogP contribution in [0.4, 0.5) is 9.59 Å². The molecule has 0 radical (unpaired) electrons. The van der Waals surface area contributed by atoms with Crippen LogP contribution in [0.3, 0.4) is 0 Å². The largest absolute Gasteiger partial charge is 0.457 e. The fraction of sp³-hybridized carbons (Fsp3) is 0.682. The predicted octanol–water partition coefficient (Wildman–Crippen LogP) is 1.98. The molecule has 3 heterocycles. The monoisotopic (exact) mass is 463 g/mol. The molecule has 0 N–H and O–H groups in total. The van der Waals surface area contributed by atoms with Gasteiger partial charge < -0.3 is 24.2 Å². The highest BCUT2D eigenvalue weighted by molar-refractivity contribution is 5.81. The zero-order chi connectivity index (χ0) is 24.3. The first-order chi connectivity index (χ1) is 15.5. The average Bonchev–Trinajstić information content (AvgIpc) is 3.29. The molecule has 182 valence electrons. The second-order valence-corrected chi connectivity index (χ2v) is 9.46. The molecule has 0 bridgehead atoms. The van der Waals surface area contributed by atoms with Crippen molar-refractivity contribution in [2.24, 2.45) is 0 Å². The Labute approximate surface area is 193 Å². The van der Waals surface area contributed by atoms with E-state index in [-0.39, 0.29) is 43.6 Å². The first-order valence-electron chi connectivity index (χ1n) is 11.2. The van der Waals surface area contributed by atoms with E-state index in [1.165, 1.54) is 16.4 Å². The molecule has 1 aromatic heterocycles. The normalized spacial score (nSPS) is 16.6. The summed E-state index contributed by atoms with van der Waals surface area (Å²) in [6.07, 6.45) is 2.69. The van der Waals surface area contributed by atoms with Gasteiger partial charge in [-0.2, -0.15) is 0 Å². The number of fused-ring (bicyclic) bond motifs is 1. The quantitative estimate of drug-likeness (QED) is 0.593. The number of piperidine rings is 1. The van der Waals surface area contributed by atoms with E-state index in [0.29, 0.717) is 38.3 Å². The molecule has 11 heteroatoms. The number of esters is 1. The number of aromatic nitrogens is 2. The zero-order valence-corrected chi connectivity index (χ0v) is 20.0. The van der Waals surface area contributed by atoms with E-state index < -0.39 is 11.6 Å². The van der Waals surface area contributed by atoms with Gasteiger partial charge in [0.2, 0.25) is 5.91 Å². The Hall–Kier alpha value is -3.11. The molecule has 11 nitrogen and oxygen atoms in total. The summed E-state index contributed by atoms with van der Waals surface area (Å²) in [5, 5.41) is 0. The summed E-state index contributed by atoms with van der Waals surface area (Å²) in [7, 11) is 1.61. The molecule has 0 aliphatic carbocycles. The van der Waals surface area contributed by atoms with E-state index in [1.807, 2.05) is 20.8 Å². The maximum atomic E-state index is 13.1. The maximum Gasteiger partial charge on any atom is 0.410 e. The molecule has 2 aliphatic heterocycles. The van der Waals surface area contributed by atoms with Crippen molar-refractivity contribution in [3.05, 3.63) is 17.7 Å². The van der Waals surface area contributed by atoms with Crippen molar-refractivity contribution in [2.45, 2.75) is 71.8 Å². The Morgan fingerprint density at radius 3 is 2.48 bits per heavy atom. The first kappa shape index (κ1) is 24.5. The maximum absolute atomic E-state index is 13.1. The number of hydrogen-bond acceptors (Lipinski definition) is 7. The smallest absolute Gasteiger partial charge is 0.410 e. The SMILES string of the molecule is CC(=O)N(C)CCC(=O)OCc1ncc2n1C(=O)N(C1CCN(C(=O)OC(C)(C)C)CC1)C2. The lowest BCUT2D eigenvalue weighted by Crippen LogP contribution is -2.48. The van der Waals surface area contributed by atoms with E-state index in [2.05, 4.69) is 4.98 Å². The van der Waals surface area contributed by atoms with Crippen LogP contribution in [0, 0.1) is 0 Å². The van der Waals surface area contributed by atoms with Crippen molar-refractivity contribution in [1.82, 2.24) is 24.3 Å². The third-order valence-corrected chi connectivity index (χ3v) is 5.79. The molecular weight excluding hydrogens is 430 g/mol. The molecule has 0 saturated carbocycles. The minimum Gasteiger partial charge on any atom is -0.457 e. The highest BCUT2D eigenvalue weighted by Crippen LogP contribution is 2.27. The second kappa shape index (κ2) is 9.80. The standard InChI is InChI=1S/C22H33N5O6/c1-15(28)24(5)9-8-19(29)32-14-18-23-12-17-13-26(20(30)27(17)18)16-6-10-25(11-7-16)21(31)33-22(2,3)4/h12,16H,6-11,13-14H2,1-5H3. The van der Waals surface area contributed by atoms with Crippen LogP contribution in [-0.4, -0.2) is 86.6 Å². The summed E-state index contributed by atoms with van der Waals surface area (Å²) in [5.41, 5.74) is 0.204. The fourth-order valence-electron chi connectivity index (χ4n) is 3.85. The van der Waals surface area contributed by atoms with Crippen LogP contribution < -0.4 is 0 Å². The van der Waals surface area contributed by atoms with Gasteiger partial charge in [-0.3, -0.25) is 9.59 Å². The summed E-state index contributed by atoms with van der Waals surface area (Å²) in [5.74, 6) is -0.217. The highest BCUT2D eigenvalue weighted by atomic mass is 16.6. The molecule has 1 aromatic rings. The number of hydrogen-bond donors (Lipinski definition) is 0. The molecule has 0 atom stereocenters. The van der Waals surface area contributed by atoms with Gasteiger partial charge in [0.25, 0.3) is 0 Å². The molecule has 2 aliphatic rings. The van der Waals surface area contributed by atoms with Crippen LogP contribution in [-0.2, 0) is 32.2 Å². The van der Waals surface area contributed by atoms with Gasteiger partial charge in [-0.25, -0.2) is 19.1 Å². The third kappa shape index (κ3) is 6.02. The van der Waals surface area contributed by atoms with Crippen LogP contribution in [0.15, 0.2) is 6.20 Å². The number of carbonyl (C=O) groups is 4. The average molecular weight is 464 g/mol. The van der Waals surface area contributed by atoms with Crippen molar-refractivity contribution in [3.63, 3.8) is 0 Å². The Bertz CT molecular complexity index is 913. The van der Waals surface area contributed by atoms with Gasteiger partial charge in [0.1, 0.15) is 12.2 Å². The first-order valence-corrected chi connectivity index (χ1v) is 11.2. The Balaban J connectivity index is 1.51. The number of nitrogens with zero attached hydrogens (tertiary/aromatic N) is 5. The van der Waals surface area contributed by atoms with Gasteiger partial charge in [0.05, 0.1) is 24.9 Å². The van der Waals surface area contributed by atoms with Crippen LogP contribution in [0.25, 0.3) is 0 Å². The van der Waals surface area contributed by atoms with Crippen molar-refractivity contribution in [2.75, 3.05) is 26.7 Å². The molecule has 33 heavy (non-hydrogen) atoms. The van der Waals surface area contributed by atoms with Crippen molar-refractivity contribution in [3.8, 4) is 0 Å². The lowest BCUT2D eigenvalue weighted by Gasteiger charge is -2.36. The number of rotatable bonds is 6. The van der Waals surface area contributed by atoms with Gasteiger partial charge in [0, 0.05) is 39.6 Å². The summed E-state index contributed by atoms with van der Waals surface area (Å²) in [6.45, 7) is 8.57. The zero-order valence-electron chi connectivity index (χ0n) is 20.0. The van der Waals surface area contributed by atoms with Crippen molar-refractivity contribution in [1.29, 1.82) is 0 Å². The summed E-state index contributed by atoms with van der Waals surface area (Å²) < 4.78 is 12.2. The van der Waals surface area contributed by atoms with Gasteiger partial charge in [-0.1, -0.05) is 0 Å². The number of likely N-dealkylation sites (tertiary alicyclic amines) is 1. The number of imidazole rings is 1. The van der Waals surface area contributed by atoms with Gasteiger partial charge in [-0.05, 0) is 33.6 Å². The van der Waals surface area contributed by atoms with Gasteiger partial charge in [-0.15, -0.1) is 0 Å². The Morgan fingerprint density at radius 1 is 1.21 bits per heavy atom. The minimum absolute atomic E-state index is 0.00797. The van der Waals surface area contributed by atoms with Crippen LogP contribution in [0.2, 0.25) is 0 Å². The molecule has 1 saturated heterocycles. The van der Waals surface area contributed by atoms with Crippen molar-refractivity contribution < 1.29 is 28.7 Å². The van der Waals surface area contributed by atoms with Gasteiger partial charge >= 0.3 is 18.1 Å². The van der Waals surface area contributed by atoms with Gasteiger partial charge in [0.15, 0.2) is 5.82 Å². The molecular formula is C22H33N5O6. The summed E-state index contributed by atoms with van der Waals surface area (Å²) in [4.78, 5) is 57.7. The molecule has 0 unspecified atom stereocenters. The predicted molar refractivity (Wildman–Crippen MR) is 117 cm³/mol. The summed E-state index contributed by atoms with van der Waals surface area (Å²) in [6, 6.07) is -0.186. The molecule has 3 amide bonds. The fourth-order valence-corrected chi connectivity index (χ4v) is 3.85. The van der Waals surface area contributed by atoms with Crippen LogP contribution >= 0.6 is 0 Å². The van der Waals surface area contributed by atoms with E-state index in [9.17, 15) is 19.2 Å². The molecule has 3 rings (SSSR count). The van der Waals surface area contributed by atoms with Crippen molar-refractivity contribution >= 4 is 24.0 Å².